The van der Waals surface area contributed by atoms with Gasteiger partial charge in [0.15, 0.2) is 6.29 Å². The van der Waals surface area contributed by atoms with E-state index in [2.05, 4.69) is 0 Å². The predicted molar refractivity (Wildman–Crippen MR) is 79.0 cm³/mol. The Morgan fingerprint density at radius 2 is 1.82 bits per heavy atom. The lowest BCUT2D eigenvalue weighted by Gasteiger charge is -2.40. The van der Waals surface area contributed by atoms with Crippen molar-refractivity contribution in [2.75, 3.05) is 6.61 Å². The normalized spacial score (nSPS) is 35.7. The van der Waals surface area contributed by atoms with Crippen molar-refractivity contribution in [2.45, 2.75) is 76.0 Å². The van der Waals surface area contributed by atoms with E-state index in [0.717, 1.165) is 6.42 Å². The van der Waals surface area contributed by atoms with E-state index in [9.17, 15) is 20.4 Å². The second kappa shape index (κ2) is 9.57. The van der Waals surface area contributed by atoms with Crippen LogP contribution in [0, 0.1) is 0 Å². The number of allylic oxidation sites excluding steroid dienone is 1. The van der Waals surface area contributed by atoms with E-state index in [1.54, 1.807) is 6.92 Å². The SMILES string of the molecule is CC/C=C\CC(O)CC(C)O[C@@H]1O[C@H](CO)[C@@H](O)[C@H](O)[C@H]1O. The molecule has 0 radical (unpaired) electrons. The lowest BCUT2D eigenvalue weighted by Crippen LogP contribution is -2.59. The number of hydrogen-bond donors (Lipinski definition) is 5. The van der Waals surface area contributed by atoms with Crippen LogP contribution in [0.1, 0.15) is 33.1 Å². The highest BCUT2D eigenvalue weighted by atomic mass is 16.7. The standard InChI is InChI=1S/C15H28O7/c1-3-4-5-6-10(17)7-9(2)21-15-14(20)13(19)12(18)11(8-16)22-15/h4-5,9-20H,3,6-8H2,1-2H3/b5-4-/t9?,10?,11-,12-,13+,14-,15-/m1/s1. The molecule has 1 heterocycles. The topological polar surface area (TPSA) is 120 Å². The maximum atomic E-state index is 9.87. The summed E-state index contributed by atoms with van der Waals surface area (Å²) in [7, 11) is 0. The van der Waals surface area contributed by atoms with Gasteiger partial charge < -0.3 is 35.0 Å². The fraction of sp³-hybridized carbons (Fsp3) is 0.867. The van der Waals surface area contributed by atoms with E-state index in [1.165, 1.54) is 0 Å². The van der Waals surface area contributed by atoms with Gasteiger partial charge in [0.25, 0.3) is 0 Å². The summed E-state index contributed by atoms with van der Waals surface area (Å²) in [6.07, 6.45) is -1.83. The van der Waals surface area contributed by atoms with Gasteiger partial charge in [-0.1, -0.05) is 19.1 Å². The second-order valence-corrected chi connectivity index (χ2v) is 5.65. The molecular weight excluding hydrogens is 292 g/mol. The molecule has 0 aliphatic carbocycles. The molecule has 1 rings (SSSR count). The largest absolute Gasteiger partial charge is 0.394 e. The third-order valence-corrected chi connectivity index (χ3v) is 3.63. The third kappa shape index (κ3) is 5.58. The first-order chi connectivity index (χ1) is 10.4. The van der Waals surface area contributed by atoms with Crippen molar-refractivity contribution in [3.05, 3.63) is 12.2 Å². The van der Waals surface area contributed by atoms with Crippen molar-refractivity contribution in [3.8, 4) is 0 Å². The lowest BCUT2D eigenvalue weighted by atomic mass is 9.99. The Hall–Kier alpha value is -0.540. The molecule has 0 spiro atoms. The smallest absolute Gasteiger partial charge is 0.186 e. The van der Waals surface area contributed by atoms with Crippen LogP contribution in [-0.4, -0.2) is 75.1 Å². The fourth-order valence-electron chi connectivity index (χ4n) is 2.36. The monoisotopic (exact) mass is 320 g/mol. The summed E-state index contributed by atoms with van der Waals surface area (Å²) >= 11 is 0. The van der Waals surface area contributed by atoms with Gasteiger partial charge in [-0.2, -0.15) is 0 Å². The van der Waals surface area contributed by atoms with E-state index in [0.29, 0.717) is 12.8 Å². The molecule has 1 aliphatic heterocycles. The number of aliphatic hydroxyl groups excluding tert-OH is 5. The molecular formula is C15H28O7. The highest BCUT2D eigenvalue weighted by Crippen LogP contribution is 2.23. The van der Waals surface area contributed by atoms with Crippen molar-refractivity contribution in [1.29, 1.82) is 0 Å². The zero-order chi connectivity index (χ0) is 16.7. The van der Waals surface area contributed by atoms with Crippen LogP contribution in [0.25, 0.3) is 0 Å². The van der Waals surface area contributed by atoms with Gasteiger partial charge in [-0.15, -0.1) is 0 Å². The van der Waals surface area contributed by atoms with Gasteiger partial charge in [-0.05, 0) is 26.2 Å². The lowest BCUT2D eigenvalue weighted by molar-refractivity contribution is -0.311. The predicted octanol–water partition coefficient (Wildman–Crippen LogP) is -0.701. The van der Waals surface area contributed by atoms with Crippen LogP contribution in [0.4, 0.5) is 0 Å². The fourth-order valence-corrected chi connectivity index (χ4v) is 2.36. The van der Waals surface area contributed by atoms with Crippen molar-refractivity contribution < 1.29 is 35.0 Å². The van der Waals surface area contributed by atoms with Crippen LogP contribution in [0.15, 0.2) is 12.2 Å². The molecule has 0 aromatic rings. The number of ether oxygens (including phenoxy) is 2. The van der Waals surface area contributed by atoms with Crippen LogP contribution >= 0.6 is 0 Å². The van der Waals surface area contributed by atoms with Crippen molar-refractivity contribution in [1.82, 2.24) is 0 Å². The molecule has 1 fully saturated rings. The highest BCUT2D eigenvalue weighted by Gasteiger charge is 2.44. The number of aliphatic hydroxyl groups is 5. The summed E-state index contributed by atoms with van der Waals surface area (Å²) < 4.78 is 10.7. The molecule has 7 atom stereocenters. The van der Waals surface area contributed by atoms with Crippen molar-refractivity contribution in [2.24, 2.45) is 0 Å². The first kappa shape index (κ1) is 19.5. The highest BCUT2D eigenvalue weighted by molar-refractivity contribution is 4.89. The van der Waals surface area contributed by atoms with Crippen LogP contribution in [-0.2, 0) is 9.47 Å². The zero-order valence-corrected chi connectivity index (χ0v) is 13.1. The molecule has 22 heavy (non-hydrogen) atoms. The summed E-state index contributed by atoms with van der Waals surface area (Å²) in [5, 5.41) is 48.2. The van der Waals surface area contributed by atoms with Gasteiger partial charge in [-0.3, -0.25) is 0 Å². The molecule has 1 saturated heterocycles. The maximum Gasteiger partial charge on any atom is 0.186 e. The van der Waals surface area contributed by atoms with E-state index < -0.39 is 49.5 Å². The zero-order valence-electron chi connectivity index (χ0n) is 13.1. The summed E-state index contributed by atoms with van der Waals surface area (Å²) in [4.78, 5) is 0. The van der Waals surface area contributed by atoms with Gasteiger partial charge in [0.05, 0.1) is 18.8 Å². The molecule has 5 N–H and O–H groups in total. The molecule has 1 aliphatic rings. The van der Waals surface area contributed by atoms with E-state index >= 15 is 0 Å². The summed E-state index contributed by atoms with van der Waals surface area (Å²) in [5.41, 5.74) is 0. The Morgan fingerprint density at radius 3 is 2.41 bits per heavy atom. The van der Waals surface area contributed by atoms with Crippen LogP contribution in [0.2, 0.25) is 0 Å². The summed E-state index contributed by atoms with van der Waals surface area (Å²) in [6.45, 7) is 3.23. The molecule has 0 amide bonds. The summed E-state index contributed by atoms with van der Waals surface area (Å²) in [5.74, 6) is 0. The average Bonchev–Trinajstić information content (AvgIpc) is 2.48. The Bertz CT molecular complexity index is 334. The molecule has 7 nitrogen and oxygen atoms in total. The van der Waals surface area contributed by atoms with E-state index in [4.69, 9.17) is 14.6 Å². The third-order valence-electron chi connectivity index (χ3n) is 3.63. The molecule has 2 unspecified atom stereocenters. The molecule has 0 bridgehead atoms. The molecule has 0 aromatic carbocycles. The van der Waals surface area contributed by atoms with Crippen LogP contribution < -0.4 is 0 Å². The van der Waals surface area contributed by atoms with Gasteiger partial charge in [-0.25, -0.2) is 0 Å². The minimum Gasteiger partial charge on any atom is -0.394 e. The molecule has 130 valence electrons. The first-order valence-corrected chi connectivity index (χ1v) is 7.69. The number of hydrogen-bond acceptors (Lipinski definition) is 7. The van der Waals surface area contributed by atoms with Crippen LogP contribution in [0.5, 0.6) is 0 Å². The van der Waals surface area contributed by atoms with E-state index in [-0.39, 0.29) is 0 Å². The molecule has 0 aromatic heterocycles. The second-order valence-electron chi connectivity index (χ2n) is 5.65. The molecule has 0 saturated carbocycles. The minimum absolute atomic E-state index is 0.336. The van der Waals surface area contributed by atoms with Gasteiger partial charge in [0.2, 0.25) is 0 Å². The summed E-state index contributed by atoms with van der Waals surface area (Å²) in [6, 6.07) is 0. The quantitative estimate of drug-likeness (QED) is 0.375. The Labute approximate surface area is 130 Å². The van der Waals surface area contributed by atoms with Gasteiger partial charge in [0.1, 0.15) is 24.4 Å². The maximum absolute atomic E-state index is 9.87. The average molecular weight is 320 g/mol. The van der Waals surface area contributed by atoms with Crippen LogP contribution in [0.3, 0.4) is 0 Å². The van der Waals surface area contributed by atoms with E-state index in [1.807, 2.05) is 19.1 Å². The minimum atomic E-state index is -1.46. The van der Waals surface area contributed by atoms with Gasteiger partial charge in [0, 0.05) is 0 Å². The van der Waals surface area contributed by atoms with Crippen molar-refractivity contribution >= 4 is 0 Å². The first-order valence-electron chi connectivity index (χ1n) is 7.69. The Kier molecular flexibility index (Phi) is 8.48. The van der Waals surface area contributed by atoms with Crippen molar-refractivity contribution in [3.63, 3.8) is 0 Å². The Morgan fingerprint density at radius 1 is 1.14 bits per heavy atom. The molecule has 7 heteroatoms. The Balaban J connectivity index is 2.48. The van der Waals surface area contributed by atoms with Gasteiger partial charge >= 0.3 is 0 Å². The number of rotatable bonds is 8.